The van der Waals surface area contributed by atoms with Gasteiger partial charge in [-0.25, -0.2) is 4.98 Å². The van der Waals surface area contributed by atoms with Crippen LogP contribution in [-0.2, 0) is 0 Å². The van der Waals surface area contributed by atoms with Crippen molar-refractivity contribution < 1.29 is 4.74 Å². The highest BCUT2D eigenvalue weighted by Gasteiger charge is 2.17. The predicted octanol–water partition coefficient (Wildman–Crippen LogP) is 1.48. The zero-order valence-electron chi connectivity index (χ0n) is 8.71. The fourth-order valence-electron chi connectivity index (χ4n) is 1.94. The van der Waals surface area contributed by atoms with Crippen LogP contribution in [0, 0.1) is 6.92 Å². The lowest BCUT2D eigenvalue weighted by Gasteiger charge is -2.10. The largest absolute Gasteiger partial charge is 0.481 e. The SMILES string of the molecule is COc1cc(C2CCNC2)cc(C)n1. The normalized spacial score (nSPS) is 21.1. The van der Waals surface area contributed by atoms with E-state index in [2.05, 4.69) is 16.4 Å². The van der Waals surface area contributed by atoms with Crippen molar-refractivity contribution in [1.82, 2.24) is 10.3 Å². The van der Waals surface area contributed by atoms with Crippen molar-refractivity contribution >= 4 is 0 Å². The van der Waals surface area contributed by atoms with Gasteiger partial charge < -0.3 is 10.1 Å². The maximum absolute atomic E-state index is 5.16. The number of aryl methyl sites for hydroxylation is 1. The molecule has 3 heteroatoms. The summed E-state index contributed by atoms with van der Waals surface area (Å²) in [6.45, 7) is 4.20. The topological polar surface area (TPSA) is 34.1 Å². The van der Waals surface area contributed by atoms with E-state index in [1.807, 2.05) is 13.0 Å². The van der Waals surface area contributed by atoms with Gasteiger partial charge in [0.1, 0.15) is 0 Å². The summed E-state index contributed by atoms with van der Waals surface area (Å²) >= 11 is 0. The molecular formula is C11H16N2O. The van der Waals surface area contributed by atoms with Crippen molar-refractivity contribution in [2.45, 2.75) is 19.3 Å². The number of methoxy groups -OCH3 is 1. The first-order valence-electron chi connectivity index (χ1n) is 5.03. The molecule has 2 heterocycles. The first-order valence-corrected chi connectivity index (χ1v) is 5.03. The summed E-state index contributed by atoms with van der Waals surface area (Å²) in [7, 11) is 1.67. The van der Waals surface area contributed by atoms with Gasteiger partial charge in [0.05, 0.1) is 7.11 Å². The van der Waals surface area contributed by atoms with Crippen molar-refractivity contribution in [3.63, 3.8) is 0 Å². The van der Waals surface area contributed by atoms with E-state index in [1.165, 1.54) is 12.0 Å². The molecule has 0 saturated carbocycles. The van der Waals surface area contributed by atoms with Crippen LogP contribution >= 0.6 is 0 Å². The molecule has 1 N–H and O–H groups in total. The van der Waals surface area contributed by atoms with Crippen LogP contribution in [0.3, 0.4) is 0 Å². The Morgan fingerprint density at radius 3 is 3.00 bits per heavy atom. The van der Waals surface area contributed by atoms with E-state index in [0.29, 0.717) is 5.92 Å². The van der Waals surface area contributed by atoms with Crippen LogP contribution < -0.4 is 10.1 Å². The second-order valence-corrected chi connectivity index (χ2v) is 3.77. The monoisotopic (exact) mass is 192 g/mol. The van der Waals surface area contributed by atoms with Crippen molar-refractivity contribution in [3.05, 3.63) is 23.4 Å². The van der Waals surface area contributed by atoms with E-state index < -0.39 is 0 Å². The second kappa shape index (κ2) is 3.96. The smallest absolute Gasteiger partial charge is 0.213 e. The minimum atomic E-state index is 0.630. The van der Waals surface area contributed by atoms with Gasteiger partial charge in [-0.1, -0.05) is 0 Å². The van der Waals surface area contributed by atoms with Gasteiger partial charge in [-0.3, -0.25) is 0 Å². The molecule has 1 fully saturated rings. The number of nitrogens with zero attached hydrogens (tertiary/aromatic N) is 1. The molecule has 0 bridgehead atoms. The number of aromatic nitrogens is 1. The molecule has 1 saturated heterocycles. The molecular weight excluding hydrogens is 176 g/mol. The van der Waals surface area contributed by atoms with Gasteiger partial charge in [-0.05, 0) is 37.4 Å². The van der Waals surface area contributed by atoms with Crippen LogP contribution in [0.25, 0.3) is 0 Å². The summed E-state index contributed by atoms with van der Waals surface area (Å²) in [4.78, 5) is 4.28. The van der Waals surface area contributed by atoms with Crippen molar-refractivity contribution in [1.29, 1.82) is 0 Å². The van der Waals surface area contributed by atoms with Gasteiger partial charge in [0.25, 0.3) is 0 Å². The van der Waals surface area contributed by atoms with E-state index in [9.17, 15) is 0 Å². The molecule has 1 aliphatic rings. The summed E-state index contributed by atoms with van der Waals surface area (Å²) in [5.41, 5.74) is 2.38. The third kappa shape index (κ3) is 1.87. The van der Waals surface area contributed by atoms with E-state index in [1.54, 1.807) is 7.11 Å². The maximum atomic E-state index is 5.16. The van der Waals surface area contributed by atoms with Gasteiger partial charge >= 0.3 is 0 Å². The quantitative estimate of drug-likeness (QED) is 0.770. The van der Waals surface area contributed by atoms with E-state index in [0.717, 1.165) is 24.7 Å². The van der Waals surface area contributed by atoms with E-state index in [4.69, 9.17) is 4.74 Å². The van der Waals surface area contributed by atoms with Crippen LogP contribution in [-0.4, -0.2) is 25.2 Å². The Bertz CT molecular complexity index is 319. The van der Waals surface area contributed by atoms with Gasteiger partial charge in [-0.15, -0.1) is 0 Å². The third-order valence-electron chi connectivity index (χ3n) is 2.69. The number of rotatable bonds is 2. The summed E-state index contributed by atoms with van der Waals surface area (Å²) in [5, 5.41) is 3.37. The van der Waals surface area contributed by atoms with Crippen LogP contribution in [0.2, 0.25) is 0 Å². The highest BCUT2D eigenvalue weighted by Crippen LogP contribution is 2.25. The molecule has 0 amide bonds. The molecule has 1 aliphatic heterocycles. The van der Waals surface area contributed by atoms with Crippen LogP contribution in [0.4, 0.5) is 0 Å². The summed E-state index contributed by atoms with van der Waals surface area (Å²) < 4.78 is 5.16. The summed E-state index contributed by atoms with van der Waals surface area (Å²) in [5.74, 6) is 1.36. The van der Waals surface area contributed by atoms with Gasteiger partial charge in [0.15, 0.2) is 0 Å². The van der Waals surface area contributed by atoms with Crippen LogP contribution in [0.1, 0.15) is 23.6 Å². The highest BCUT2D eigenvalue weighted by molar-refractivity contribution is 5.28. The van der Waals surface area contributed by atoms with Crippen molar-refractivity contribution in [2.75, 3.05) is 20.2 Å². The average Bonchev–Trinajstić information content (AvgIpc) is 2.69. The molecule has 0 aliphatic carbocycles. The summed E-state index contributed by atoms with van der Waals surface area (Å²) in [6.07, 6.45) is 1.21. The Hall–Kier alpha value is -1.09. The molecule has 3 nitrogen and oxygen atoms in total. The average molecular weight is 192 g/mol. The standard InChI is InChI=1S/C11H16N2O/c1-8-5-10(6-11(13-8)14-2)9-3-4-12-7-9/h5-6,9,12H,3-4,7H2,1-2H3. The fourth-order valence-corrected chi connectivity index (χ4v) is 1.94. The van der Waals surface area contributed by atoms with Crippen molar-refractivity contribution in [2.24, 2.45) is 0 Å². The molecule has 1 aromatic rings. The van der Waals surface area contributed by atoms with Gasteiger partial charge in [-0.2, -0.15) is 0 Å². The molecule has 0 radical (unpaired) electrons. The van der Waals surface area contributed by atoms with E-state index in [-0.39, 0.29) is 0 Å². The number of hydrogen-bond donors (Lipinski definition) is 1. The minimum absolute atomic E-state index is 0.630. The predicted molar refractivity (Wildman–Crippen MR) is 55.8 cm³/mol. The number of ether oxygens (including phenoxy) is 1. The lowest BCUT2D eigenvalue weighted by Crippen LogP contribution is -2.08. The number of pyridine rings is 1. The number of hydrogen-bond acceptors (Lipinski definition) is 3. The lowest BCUT2D eigenvalue weighted by atomic mass is 9.99. The fraction of sp³-hybridized carbons (Fsp3) is 0.545. The third-order valence-corrected chi connectivity index (χ3v) is 2.69. The molecule has 14 heavy (non-hydrogen) atoms. The molecule has 76 valence electrons. The zero-order valence-corrected chi connectivity index (χ0v) is 8.71. The molecule has 1 atom stereocenters. The highest BCUT2D eigenvalue weighted by atomic mass is 16.5. The maximum Gasteiger partial charge on any atom is 0.213 e. The Balaban J connectivity index is 2.27. The van der Waals surface area contributed by atoms with E-state index >= 15 is 0 Å². The second-order valence-electron chi connectivity index (χ2n) is 3.77. The van der Waals surface area contributed by atoms with Crippen molar-refractivity contribution in [3.8, 4) is 5.88 Å². The Labute approximate surface area is 84.5 Å². The minimum Gasteiger partial charge on any atom is -0.481 e. The molecule has 0 aromatic carbocycles. The van der Waals surface area contributed by atoms with Gasteiger partial charge in [0, 0.05) is 18.3 Å². The Kier molecular flexibility index (Phi) is 2.68. The Morgan fingerprint density at radius 2 is 2.36 bits per heavy atom. The van der Waals surface area contributed by atoms with Crippen LogP contribution in [0.15, 0.2) is 12.1 Å². The molecule has 2 rings (SSSR count). The first kappa shape index (κ1) is 9.46. The molecule has 1 unspecified atom stereocenters. The zero-order chi connectivity index (χ0) is 9.97. The first-order chi connectivity index (χ1) is 6.79. The van der Waals surface area contributed by atoms with Crippen LogP contribution in [0.5, 0.6) is 5.88 Å². The molecule has 1 aromatic heterocycles. The summed E-state index contributed by atoms with van der Waals surface area (Å²) in [6, 6.07) is 4.20. The van der Waals surface area contributed by atoms with Gasteiger partial charge in [0.2, 0.25) is 5.88 Å². The lowest BCUT2D eigenvalue weighted by molar-refractivity contribution is 0.396. The Morgan fingerprint density at radius 1 is 1.50 bits per heavy atom. The number of nitrogens with one attached hydrogen (secondary N) is 1. The molecule has 0 spiro atoms.